The fourth-order valence-corrected chi connectivity index (χ4v) is 2.78. The molecule has 1 atom stereocenters. The van der Waals surface area contributed by atoms with E-state index in [2.05, 4.69) is 10.2 Å². The van der Waals surface area contributed by atoms with E-state index in [0.29, 0.717) is 5.56 Å². The summed E-state index contributed by atoms with van der Waals surface area (Å²) in [6, 6.07) is 9.28. The van der Waals surface area contributed by atoms with Crippen molar-refractivity contribution in [3.8, 4) is 0 Å². The number of piperazine rings is 1. The maximum atomic E-state index is 13.5. The molecule has 20 heavy (non-hydrogen) atoms. The van der Waals surface area contributed by atoms with Gasteiger partial charge in [0, 0.05) is 26.2 Å². The van der Waals surface area contributed by atoms with Gasteiger partial charge in [0.25, 0.3) is 0 Å². The van der Waals surface area contributed by atoms with Gasteiger partial charge in [-0.15, -0.1) is 0 Å². The number of furan rings is 1. The van der Waals surface area contributed by atoms with Crippen molar-refractivity contribution in [2.24, 2.45) is 0 Å². The molecule has 0 amide bonds. The molecule has 2 heterocycles. The molecule has 0 aliphatic carbocycles. The summed E-state index contributed by atoms with van der Waals surface area (Å²) in [5.74, 6) is 0.755. The predicted octanol–water partition coefficient (Wildman–Crippen LogP) is 2.72. The second-order valence-electron chi connectivity index (χ2n) is 5.21. The van der Waals surface area contributed by atoms with Crippen LogP contribution in [0.5, 0.6) is 0 Å². The van der Waals surface area contributed by atoms with Crippen LogP contribution in [-0.2, 0) is 0 Å². The molecule has 1 aromatic heterocycles. The normalized spacial score (nSPS) is 18.1. The average molecular weight is 274 g/mol. The highest BCUT2D eigenvalue weighted by Crippen LogP contribution is 2.30. The minimum atomic E-state index is -0.160. The number of aryl methyl sites for hydroxylation is 1. The molecule has 1 aliphatic rings. The number of benzene rings is 1. The zero-order valence-electron chi connectivity index (χ0n) is 11.6. The molecule has 0 spiro atoms. The highest BCUT2D eigenvalue weighted by Gasteiger charge is 2.26. The van der Waals surface area contributed by atoms with Gasteiger partial charge in [-0.25, -0.2) is 4.39 Å². The van der Waals surface area contributed by atoms with Crippen molar-refractivity contribution in [2.75, 3.05) is 26.2 Å². The fourth-order valence-electron chi connectivity index (χ4n) is 2.78. The van der Waals surface area contributed by atoms with Gasteiger partial charge in [0.05, 0.1) is 12.3 Å². The van der Waals surface area contributed by atoms with Crippen molar-refractivity contribution < 1.29 is 8.81 Å². The van der Waals surface area contributed by atoms with E-state index in [4.69, 9.17) is 4.42 Å². The third kappa shape index (κ3) is 2.62. The zero-order valence-corrected chi connectivity index (χ0v) is 11.6. The number of rotatable bonds is 3. The lowest BCUT2D eigenvalue weighted by Gasteiger charge is -2.34. The molecule has 3 nitrogen and oxygen atoms in total. The minimum absolute atomic E-state index is 0.0615. The number of halogens is 1. The summed E-state index contributed by atoms with van der Waals surface area (Å²) in [5, 5.41) is 3.35. The first-order chi connectivity index (χ1) is 9.75. The molecular weight excluding hydrogens is 255 g/mol. The third-order valence-electron chi connectivity index (χ3n) is 3.83. The average Bonchev–Trinajstić information content (AvgIpc) is 2.98. The minimum Gasteiger partial charge on any atom is -0.467 e. The van der Waals surface area contributed by atoms with Gasteiger partial charge < -0.3 is 9.73 Å². The Kier molecular flexibility index (Phi) is 3.85. The van der Waals surface area contributed by atoms with Crippen LogP contribution in [0.1, 0.15) is 22.9 Å². The molecular formula is C16H19FN2O. The molecule has 2 aromatic rings. The molecule has 0 bridgehead atoms. The molecule has 1 aliphatic heterocycles. The molecule has 0 radical (unpaired) electrons. The van der Waals surface area contributed by atoms with E-state index >= 15 is 0 Å². The van der Waals surface area contributed by atoms with Crippen LogP contribution in [0, 0.1) is 12.7 Å². The van der Waals surface area contributed by atoms with Crippen LogP contribution < -0.4 is 5.32 Å². The summed E-state index contributed by atoms with van der Waals surface area (Å²) in [5.41, 5.74) is 1.76. The first kappa shape index (κ1) is 13.3. The monoisotopic (exact) mass is 274 g/mol. The topological polar surface area (TPSA) is 28.4 Å². The number of nitrogens with zero attached hydrogens (tertiary/aromatic N) is 1. The van der Waals surface area contributed by atoms with Crippen molar-refractivity contribution in [2.45, 2.75) is 13.0 Å². The van der Waals surface area contributed by atoms with E-state index in [0.717, 1.165) is 37.5 Å². The molecule has 0 unspecified atom stereocenters. The van der Waals surface area contributed by atoms with Crippen LogP contribution in [0.3, 0.4) is 0 Å². The standard InChI is InChI=1S/C16H19FN2O/c1-12-11-13(4-5-14(12)17)16(15-3-2-10-20-15)19-8-6-18-7-9-19/h2-5,10-11,16,18H,6-9H2,1H3/t16-/m1/s1. The van der Waals surface area contributed by atoms with Crippen LogP contribution >= 0.6 is 0 Å². The van der Waals surface area contributed by atoms with E-state index in [1.807, 2.05) is 24.3 Å². The molecule has 1 N–H and O–H groups in total. The lowest BCUT2D eigenvalue weighted by molar-refractivity contribution is 0.180. The molecule has 1 saturated heterocycles. The van der Waals surface area contributed by atoms with Gasteiger partial charge in [0.15, 0.2) is 0 Å². The van der Waals surface area contributed by atoms with E-state index in [1.165, 1.54) is 0 Å². The van der Waals surface area contributed by atoms with Crippen LogP contribution in [0.4, 0.5) is 4.39 Å². The summed E-state index contributed by atoms with van der Waals surface area (Å²) in [4.78, 5) is 2.38. The maximum absolute atomic E-state index is 13.5. The van der Waals surface area contributed by atoms with Crippen molar-refractivity contribution in [1.82, 2.24) is 10.2 Å². The Labute approximate surface area is 118 Å². The van der Waals surface area contributed by atoms with Gasteiger partial charge in [-0.1, -0.05) is 12.1 Å². The second-order valence-corrected chi connectivity index (χ2v) is 5.21. The van der Waals surface area contributed by atoms with Gasteiger partial charge in [-0.3, -0.25) is 4.90 Å². The van der Waals surface area contributed by atoms with Crippen molar-refractivity contribution in [1.29, 1.82) is 0 Å². The van der Waals surface area contributed by atoms with E-state index < -0.39 is 0 Å². The fraction of sp³-hybridized carbons (Fsp3) is 0.375. The van der Waals surface area contributed by atoms with Crippen molar-refractivity contribution in [3.63, 3.8) is 0 Å². The number of nitrogens with one attached hydrogen (secondary N) is 1. The molecule has 106 valence electrons. The molecule has 4 heteroatoms. The summed E-state index contributed by atoms with van der Waals surface area (Å²) < 4.78 is 19.1. The summed E-state index contributed by atoms with van der Waals surface area (Å²) in [6.07, 6.45) is 1.70. The Bertz CT molecular complexity index is 562. The smallest absolute Gasteiger partial charge is 0.126 e. The molecule has 0 saturated carbocycles. The van der Waals surface area contributed by atoms with Crippen LogP contribution in [0.15, 0.2) is 41.0 Å². The Morgan fingerprint density at radius 3 is 2.70 bits per heavy atom. The van der Waals surface area contributed by atoms with Crippen molar-refractivity contribution >= 4 is 0 Å². The SMILES string of the molecule is Cc1cc([C@H](c2ccco2)N2CCNCC2)ccc1F. The van der Waals surface area contributed by atoms with Crippen LogP contribution in [-0.4, -0.2) is 31.1 Å². The third-order valence-corrected chi connectivity index (χ3v) is 3.83. The quantitative estimate of drug-likeness (QED) is 0.933. The van der Waals surface area contributed by atoms with Crippen LogP contribution in [0.2, 0.25) is 0 Å². The summed E-state index contributed by atoms with van der Waals surface area (Å²) >= 11 is 0. The summed E-state index contributed by atoms with van der Waals surface area (Å²) in [6.45, 7) is 5.66. The Hall–Kier alpha value is -1.65. The predicted molar refractivity (Wildman–Crippen MR) is 76.1 cm³/mol. The van der Waals surface area contributed by atoms with E-state index in [9.17, 15) is 4.39 Å². The first-order valence-corrected chi connectivity index (χ1v) is 7.00. The van der Waals surface area contributed by atoms with E-state index in [1.54, 1.807) is 19.3 Å². The maximum Gasteiger partial charge on any atom is 0.126 e. The zero-order chi connectivity index (χ0) is 13.9. The second kappa shape index (κ2) is 5.77. The Morgan fingerprint density at radius 1 is 1.25 bits per heavy atom. The largest absolute Gasteiger partial charge is 0.467 e. The highest BCUT2D eigenvalue weighted by molar-refractivity contribution is 5.31. The highest BCUT2D eigenvalue weighted by atomic mass is 19.1. The lowest BCUT2D eigenvalue weighted by atomic mass is 10.00. The Morgan fingerprint density at radius 2 is 2.05 bits per heavy atom. The van der Waals surface area contributed by atoms with Gasteiger partial charge in [0.2, 0.25) is 0 Å². The van der Waals surface area contributed by atoms with Gasteiger partial charge in [-0.2, -0.15) is 0 Å². The lowest BCUT2D eigenvalue weighted by Crippen LogP contribution is -2.45. The van der Waals surface area contributed by atoms with Gasteiger partial charge in [-0.05, 0) is 36.2 Å². The van der Waals surface area contributed by atoms with Crippen LogP contribution in [0.25, 0.3) is 0 Å². The molecule has 3 rings (SSSR count). The van der Waals surface area contributed by atoms with E-state index in [-0.39, 0.29) is 11.9 Å². The first-order valence-electron chi connectivity index (χ1n) is 7.00. The molecule has 1 fully saturated rings. The summed E-state index contributed by atoms with van der Waals surface area (Å²) in [7, 11) is 0. The number of hydrogen-bond donors (Lipinski definition) is 1. The Balaban J connectivity index is 1.98. The molecule has 1 aromatic carbocycles. The van der Waals surface area contributed by atoms with Gasteiger partial charge in [0.1, 0.15) is 11.6 Å². The van der Waals surface area contributed by atoms with Crippen molar-refractivity contribution in [3.05, 3.63) is 59.3 Å². The van der Waals surface area contributed by atoms with Gasteiger partial charge >= 0.3 is 0 Å². The number of hydrogen-bond acceptors (Lipinski definition) is 3.